The van der Waals surface area contributed by atoms with Crippen LogP contribution in [0.15, 0.2) is 23.2 Å². The molecule has 164 valence electrons. The van der Waals surface area contributed by atoms with E-state index in [9.17, 15) is 12.8 Å². The first-order chi connectivity index (χ1) is 13.8. The molecule has 2 N–H and O–H groups in total. The molecule has 0 heterocycles. The summed E-state index contributed by atoms with van der Waals surface area (Å²) in [4.78, 5) is 6.66. The quantitative estimate of drug-likeness (QED) is 0.361. The number of nitrogens with one attached hydrogen (secondary N) is 2. The van der Waals surface area contributed by atoms with E-state index in [2.05, 4.69) is 27.6 Å². The van der Waals surface area contributed by atoms with Crippen LogP contribution in [0.1, 0.15) is 49.7 Å². The zero-order valence-electron chi connectivity index (χ0n) is 17.9. The van der Waals surface area contributed by atoms with Gasteiger partial charge in [0.2, 0.25) is 0 Å². The molecule has 8 heteroatoms. The number of hydrogen-bond donors (Lipinski definition) is 2. The Morgan fingerprint density at radius 3 is 2.59 bits per heavy atom. The average molecular weight is 427 g/mol. The molecule has 0 saturated heterocycles. The van der Waals surface area contributed by atoms with E-state index in [-0.39, 0.29) is 11.6 Å². The second-order valence-corrected chi connectivity index (χ2v) is 10.1. The minimum absolute atomic E-state index is 0.107. The van der Waals surface area contributed by atoms with Crippen LogP contribution in [0, 0.1) is 5.82 Å². The third-order valence-corrected chi connectivity index (χ3v) is 6.27. The first-order valence-electron chi connectivity index (χ1n) is 10.4. The third kappa shape index (κ3) is 8.70. The number of sulfone groups is 1. The lowest BCUT2D eigenvalue weighted by Crippen LogP contribution is -2.39. The van der Waals surface area contributed by atoms with E-state index < -0.39 is 9.84 Å². The summed E-state index contributed by atoms with van der Waals surface area (Å²) in [5, 5.41) is 6.43. The fourth-order valence-corrected chi connectivity index (χ4v) is 4.67. The number of aliphatic imine (C=N–C) groups is 1. The molecule has 1 aromatic rings. The predicted octanol–water partition coefficient (Wildman–Crippen LogP) is 2.69. The Bertz CT molecular complexity index is 777. The summed E-state index contributed by atoms with van der Waals surface area (Å²) in [5.74, 6) is 0.136. The molecular formula is C21H35FN4O2S. The van der Waals surface area contributed by atoms with Crippen molar-refractivity contribution in [1.82, 2.24) is 15.5 Å². The molecule has 0 spiro atoms. The van der Waals surface area contributed by atoms with E-state index in [1.807, 2.05) is 0 Å². The first-order valence-corrected chi connectivity index (χ1v) is 12.4. The zero-order valence-corrected chi connectivity index (χ0v) is 18.7. The van der Waals surface area contributed by atoms with Gasteiger partial charge in [-0.05, 0) is 56.1 Å². The Kier molecular flexibility index (Phi) is 9.36. The second kappa shape index (κ2) is 11.5. The molecule has 1 saturated carbocycles. The van der Waals surface area contributed by atoms with Crippen molar-refractivity contribution in [3.8, 4) is 0 Å². The topological polar surface area (TPSA) is 73.8 Å². The van der Waals surface area contributed by atoms with Crippen molar-refractivity contribution in [3.05, 3.63) is 35.1 Å². The van der Waals surface area contributed by atoms with Crippen molar-refractivity contribution in [2.75, 3.05) is 33.4 Å². The highest BCUT2D eigenvalue weighted by Gasteiger charge is 2.17. The fraction of sp³-hybridized carbons (Fsp3) is 0.667. The lowest BCUT2D eigenvalue weighted by Gasteiger charge is -2.31. The molecule has 0 aliphatic heterocycles. The van der Waals surface area contributed by atoms with Crippen molar-refractivity contribution in [1.29, 1.82) is 0 Å². The van der Waals surface area contributed by atoms with Crippen LogP contribution in [0.5, 0.6) is 0 Å². The van der Waals surface area contributed by atoms with Gasteiger partial charge in [-0.1, -0.05) is 25.3 Å². The van der Waals surface area contributed by atoms with Crippen LogP contribution in [0.25, 0.3) is 0 Å². The molecule has 1 aliphatic carbocycles. The molecular weight excluding hydrogens is 391 g/mol. The van der Waals surface area contributed by atoms with Gasteiger partial charge in [-0.25, -0.2) is 12.8 Å². The van der Waals surface area contributed by atoms with Crippen LogP contribution in [0.3, 0.4) is 0 Å². The van der Waals surface area contributed by atoms with Crippen LogP contribution in [0.2, 0.25) is 0 Å². The van der Waals surface area contributed by atoms with Gasteiger partial charge < -0.3 is 15.5 Å². The van der Waals surface area contributed by atoms with Crippen LogP contribution in [-0.2, 0) is 22.1 Å². The highest BCUT2D eigenvalue weighted by molar-refractivity contribution is 7.89. The lowest BCUT2D eigenvalue weighted by atomic mass is 9.94. The lowest BCUT2D eigenvalue weighted by molar-refractivity contribution is 0.190. The number of guanidine groups is 1. The van der Waals surface area contributed by atoms with Gasteiger partial charge in [-0.15, -0.1) is 0 Å². The van der Waals surface area contributed by atoms with Crippen molar-refractivity contribution >= 4 is 15.8 Å². The van der Waals surface area contributed by atoms with Gasteiger partial charge in [0, 0.05) is 32.4 Å². The molecule has 0 bridgehead atoms. The van der Waals surface area contributed by atoms with Gasteiger partial charge in [-0.3, -0.25) is 4.99 Å². The van der Waals surface area contributed by atoms with Gasteiger partial charge in [0.25, 0.3) is 0 Å². The van der Waals surface area contributed by atoms with E-state index in [0.717, 1.165) is 19.5 Å². The summed E-state index contributed by atoms with van der Waals surface area (Å²) in [5.41, 5.74) is 1.22. The molecule has 0 aromatic heterocycles. The van der Waals surface area contributed by atoms with E-state index in [0.29, 0.717) is 29.7 Å². The highest BCUT2D eigenvalue weighted by Crippen LogP contribution is 2.21. The van der Waals surface area contributed by atoms with Crippen molar-refractivity contribution < 1.29 is 12.8 Å². The zero-order chi connectivity index (χ0) is 21.3. The molecule has 0 radical (unpaired) electrons. The van der Waals surface area contributed by atoms with Gasteiger partial charge in [-0.2, -0.15) is 0 Å². The van der Waals surface area contributed by atoms with Gasteiger partial charge in [0.1, 0.15) is 5.82 Å². The molecule has 0 amide bonds. The maximum atomic E-state index is 13.6. The summed E-state index contributed by atoms with van der Waals surface area (Å²) >= 11 is 0. The second-order valence-electron chi connectivity index (χ2n) is 7.96. The Morgan fingerprint density at radius 1 is 1.21 bits per heavy atom. The van der Waals surface area contributed by atoms with Crippen LogP contribution >= 0.6 is 0 Å². The summed E-state index contributed by atoms with van der Waals surface area (Å²) in [7, 11) is 0.699. The maximum Gasteiger partial charge on any atom is 0.191 e. The maximum absolute atomic E-state index is 13.6. The SMILES string of the molecule is CN=C(NCCCN(C)C1CCCCC1)NCc1cc(F)ccc1CS(C)(=O)=O. The molecule has 2 rings (SSSR count). The third-order valence-electron chi connectivity index (χ3n) is 5.43. The van der Waals surface area contributed by atoms with Gasteiger partial charge >= 0.3 is 0 Å². The van der Waals surface area contributed by atoms with E-state index in [4.69, 9.17) is 0 Å². The standard InChI is InChI=1S/C21H35FN4O2S/c1-23-21(24-12-7-13-26(2)20-8-5-4-6-9-20)25-15-18-14-19(22)11-10-17(18)16-29(3,27)28/h10-11,14,20H,4-9,12-13,15-16H2,1-3H3,(H2,23,24,25). The number of nitrogens with zero attached hydrogens (tertiary/aromatic N) is 2. The summed E-state index contributed by atoms with van der Waals surface area (Å²) in [6, 6.07) is 4.91. The minimum Gasteiger partial charge on any atom is -0.356 e. The Hall–Kier alpha value is -1.67. The van der Waals surface area contributed by atoms with Crippen molar-refractivity contribution in [2.24, 2.45) is 4.99 Å². The van der Waals surface area contributed by atoms with Crippen molar-refractivity contribution in [2.45, 2.75) is 56.9 Å². The summed E-state index contributed by atoms with van der Waals surface area (Å²) in [6.45, 7) is 2.14. The molecule has 0 atom stereocenters. The molecule has 1 aliphatic rings. The van der Waals surface area contributed by atoms with E-state index in [1.165, 1.54) is 56.6 Å². The minimum atomic E-state index is -3.19. The number of halogens is 1. The smallest absolute Gasteiger partial charge is 0.191 e. The Morgan fingerprint density at radius 2 is 1.93 bits per heavy atom. The molecule has 0 unspecified atom stereocenters. The van der Waals surface area contributed by atoms with Gasteiger partial charge in [0.15, 0.2) is 15.8 Å². The van der Waals surface area contributed by atoms with Crippen LogP contribution in [-0.4, -0.2) is 58.8 Å². The molecule has 1 fully saturated rings. The monoisotopic (exact) mass is 426 g/mol. The predicted molar refractivity (Wildman–Crippen MR) is 117 cm³/mol. The number of rotatable bonds is 9. The Labute approximate surface area is 174 Å². The summed E-state index contributed by atoms with van der Waals surface area (Å²) in [6.07, 6.45) is 8.83. The van der Waals surface area contributed by atoms with E-state index in [1.54, 1.807) is 7.05 Å². The normalized spacial score (nSPS) is 16.2. The molecule has 6 nitrogen and oxygen atoms in total. The fourth-order valence-electron chi connectivity index (χ4n) is 3.82. The first kappa shape index (κ1) is 23.6. The number of benzene rings is 1. The Balaban J connectivity index is 1.79. The largest absolute Gasteiger partial charge is 0.356 e. The van der Waals surface area contributed by atoms with Crippen molar-refractivity contribution in [3.63, 3.8) is 0 Å². The molecule has 29 heavy (non-hydrogen) atoms. The highest BCUT2D eigenvalue weighted by atomic mass is 32.2. The average Bonchev–Trinajstić information content (AvgIpc) is 2.68. The molecule has 1 aromatic carbocycles. The summed E-state index contributed by atoms with van der Waals surface area (Å²) < 4.78 is 36.9. The van der Waals surface area contributed by atoms with E-state index >= 15 is 0 Å². The number of hydrogen-bond acceptors (Lipinski definition) is 4. The van der Waals surface area contributed by atoms with Crippen LogP contribution < -0.4 is 10.6 Å². The van der Waals surface area contributed by atoms with Gasteiger partial charge in [0.05, 0.1) is 5.75 Å². The van der Waals surface area contributed by atoms with Crippen LogP contribution in [0.4, 0.5) is 4.39 Å².